The van der Waals surface area contributed by atoms with Gasteiger partial charge in [0.05, 0.1) is 0 Å². The van der Waals surface area contributed by atoms with E-state index in [1.165, 1.54) is 5.56 Å². The molecular formula is C15H17Cl2NS. The first-order valence-corrected chi connectivity index (χ1v) is 8.01. The largest absolute Gasteiger partial charge is 0.317 e. The van der Waals surface area contributed by atoms with Gasteiger partial charge < -0.3 is 5.32 Å². The minimum Gasteiger partial charge on any atom is -0.317 e. The molecule has 102 valence electrons. The Morgan fingerprint density at radius 3 is 2.74 bits per heavy atom. The minimum atomic E-state index is 0.429. The molecule has 0 saturated heterocycles. The second-order valence-electron chi connectivity index (χ2n) is 4.60. The van der Waals surface area contributed by atoms with Crippen LogP contribution >= 0.6 is 34.5 Å². The van der Waals surface area contributed by atoms with Gasteiger partial charge in [-0.3, -0.25) is 0 Å². The molecule has 2 aromatic rings. The molecule has 1 unspecified atom stereocenters. The normalized spacial score (nSPS) is 12.6. The summed E-state index contributed by atoms with van der Waals surface area (Å²) in [5.74, 6) is 0. The van der Waals surface area contributed by atoms with Crippen molar-refractivity contribution < 1.29 is 0 Å². The van der Waals surface area contributed by atoms with Crippen LogP contribution in [0.25, 0.3) is 0 Å². The Labute approximate surface area is 128 Å². The van der Waals surface area contributed by atoms with Crippen LogP contribution in [0.1, 0.15) is 17.5 Å². The molecule has 4 heteroatoms. The van der Waals surface area contributed by atoms with E-state index in [-0.39, 0.29) is 0 Å². The standard InChI is InChI=1S/C15H17Cl2NS/c1-18-14(5-2-11-6-7-19-10-11)8-12-3-4-13(16)9-15(12)17/h3-4,6-7,9-10,14,18H,2,5,8H2,1H3. The average molecular weight is 314 g/mol. The minimum absolute atomic E-state index is 0.429. The van der Waals surface area contributed by atoms with Gasteiger partial charge in [-0.25, -0.2) is 0 Å². The van der Waals surface area contributed by atoms with E-state index in [2.05, 4.69) is 22.1 Å². The average Bonchev–Trinajstić information content (AvgIpc) is 2.90. The number of likely N-dealkylation sites (N-methyl/N-ethyl adjacent to an activating group) is 1. The van der Waals surface area contributed by atoms with E-state index in [0.717, 1.165) is 29.8 Å². The maximum absolute atomic E-state index is 6.22. The Balaban J connectivity index is 1.94. The highest BCUT2D eigenvalue weighted by Gasteiger charge is 2.10. The van der Waals surface area contributed by atoms with Crippen molar-refractivity contribution in [3.63, 3.8) is 0 Å². The summed E-state index contributed by atoms with van der Waals surface area (Å²) in [5.41, 5.74) is 2.56. The van der Waals surface area contributed by atoms with Gasteiger partial charge in [0.15, 0.2) is 0 Å². The summed E-state index contributed by atoms with van der Waals surface area (Å²) in [7, 11) is 2.00. The molecule has 19 heavy (non-hydrogen) atoms. The van der Waals surface area contributed by atoms with Crippen molar-refractivity contribution in [2.24, 2.45) is 0 Å². The number of benzene rings is 1. The third-order valence-electron chi connectivity index (χ3n) is 3.25. The smallest absolute Gasteiger partial charge is 0.0453 e. The summed E-state index contributed by atoms with van der Waals surface area (Å²) in [5, 5.41) is 9.14. The monoisotopic (exact) mass is 313 g/mol. The fourth-order valence-electron chi connectivity index (χ4n) is 2.08. The molecule has 0 spiro atoms. The van der Waals surface area contributed by atoms with Gasteiger partial charge in [0, 0.05) is 16.1 Å². The van der Waals surface area contributed by atoms with E-state index < -0.39 is 0 Å². The summed E-state index contributed by atoms with van der Waals surface area (Å²) in [6.45, 7) is 0. The molecule has 2 rings (SSSR count). The van der Waals surface area contributed by atoms with Crippen molar-refractivity contribution >= 4 is 34.5 Å². The number of aryl methyl sites for hydroxylation is 1. The first-order chi connectivity index (χ1) is 9.19. The van der Waals surface area contributed by atoms with Crippen LogP contribution in [0.5, 0.6) is 0 Å². The fourth-order valence-corrected chi connectivity index (χ4v) is 3.27. The molecular weight excluding hydrogens is 297 g/mol. The van der Waals surface area contributed by atoms with Crippen molar-refractivity contribution in [3.8, 4) is 0 Å². The van der Waals surface area contributed by atoms with E-state index in [1.807, 2.05) is 25.2 Å². The van der Waals surface area contributed by atoms with Crippen molar-refractivity contribution in [1.82, 2.24) is 5.32 Å². The predicted molar refractivity (Wildman–Crippen MR) is 85.7 cm³/mol. The van der Waals surface area contributed by atoms with Crippen LogP contribution in [0.15, 0.2) is 35.0 Å². The Bertz CT molecular complexity index is 511. The molecule has 1 heterocycles. The highest BCUT2D eigenvalue weighted by atomic mass is 35.5. The number of halogens is 2. The number of nitrogens with one attached hydrogen (secondary N) is 1. The number of thiophene rings is 1. The summed E-state index contributed by atoms with van der Waals surface area (Å²) >= 11 is 13.9. The highest BCUT2D eigenvalue weighted by Crippen LogP contribution is 2.23. The van der Waals surface area contributed by atoms with E-state index in [0.29, 0.717) is 11.1 Å². The molecule has 1 atom stereocenters. The lowest BCUT2D eigenvalue weighted by Crippen LogP contribution is -2.28. The second kappa shape index (κ2) is 7.30. The maximum atomic E-state index is 6.22. The zero-order chi connectivity index (χ0) is 13.7. The molecule has 0 radical (unpaired) electrons. The fraction of sp³-hybridized carbons (Fsp3) is 0.333. The molecule has 1 N–H and O–H groups in total. The van der Waals surface area contributed by atoms with Gasteiger partial charge in [0.25, 0.3) is 0 Å². The predicted octanol–water partition coefficient (Wildman–Crippen LogP) is 4.82. The Kier molecular flexibility index (Phi) is 5.71. The lowest BCUT2D eigenvalue weighted by atomic mass is 10.0. The van der Waals surface area contributed by atoms with Crippen LogP contribution in [-0.2, 0) is 12.8 Å². The molecule has 0 bridgehead atoms. The summed E-state index contributed by atoms with van der Waals surface area (Å²) < 4.78 is 0. The van der Waals surface area contributed by atoms with E-state index in [9.17, 15) is 0 Å². The number of hydrogen-bond donors (Lipinski definition) is 1. The van der Waals surface area contributed by atoms with E-state index in [4.69, 9.17) is 23.2 Å². The molecule has 0 saturated carbocycles. The van der Waals surface area contributed by atoms with Gasteiger partial charge in [0.1, 0.15) is 0 Å². The van der Waals surface area contributed by atoms with Gasteiger partial charge in [-0.05, 0) is 66.4 Å². The number of hydrogen-bond acceptors (Lipinski definition) is 2. The van der Waals surface area contributed by atoms with Gasteiger partial charge >= 0.3 is 0 Å². The molecule has 1 nitrogen and oxygen atoms in total. The van der Waals surface area contributed by atoms with Gasteiger partial charge in [-0.15, -0.1) is 0 Å². The molecule has 1 aromatic heterocycles. The summed E-state index contributed by atoms with van der Waals surface area (Å²) in [6.07, 6.45) is 3.13. The third kappa shape index (κ3) is 4.50. The van der Waals surface area contributed by atoms with Crippen LogP contribution in [-0.4, -0.2) is 13.1 Å². The lowest BCUT2D eigenvalue weighted by molar-refractivity contribution is 0.520. The van der Waals surface area contributed by atoms with Crippen LogP contribution in [0.4, 0.5) is 0 Å². The molecule has 0 aliphatic carbocycles. The Morgan fingerprint density at radius 2 is 2.11 bits per heavy atom. The van der Waals surface area contributed by atoms with Crippen molar-refractivity contribution in [3.05, 3.63) is 56.2 Å². The highest BCUT2D eigenvalue weighted by molar-refractivity contribution is 7.07. The third-order valence-corrected chi connectivity index (χ3v) is 4.57. The zero-order valence-corrected chi connectivity index (χ0v) is 13.2. The van der Waals surface area contributed by atoms with Crippen molar-refractivity contribution in [1.29, 1.82) is 0 Å². The van der Waals surface area contributed by atoms with Crippen LogP contribution in [0.2, 0.25) is 10.0 Å². The Morgan fingerprint density at radius 1 is 1.26 bits per heavy atom. The second-order valence-corrected chi connectivity index (χ2v) is 6.22. The lowest BCUT2D eigenvalue weighted by Gasteiger charge is -2.16. The quantitative estimate of drug-likeness (QED) is 0.806. The van der Waals surface area contributed by atoms with Crippen molar-refractivity contribution in [2.45, 2.75) is 25.3 Å². The number of rotatable bonds is 6. The van der Waals surface area contributed by atoms with Crippen LogP contribution in [0, 0.1) is 0 Å². The zero-order valence-electron chi connectivity index (χ0n) is 10.8. The summed E-state index contributed by atoms with van der Waals surface area (Å²) in [4.78, 5) is 0. The topological polar surface area (TPSA) is 12.0 Å². The molecule has 0 fully saturated rings. The van der Waals surface area contributed by atoms with E-state index in [1.54, 1.807) is 11.3 Å². The van der Waals surface area contributed by atoms with E-state index >= 15 is 0 Å². The van der Waals surface area contributed by atoms with Gasteiger partial charge in [-0.1, -0.05) is 29.3 Å². The van der Waals surface area contributed by atoms with Crippen molar-refractivity contribution in [2.75, 3.05) is 7.05 Å². The Hall–Kier alpha value is -0.540. The summed E-state index contributed by atoms with van der Waals surface area (Å²) in [6, 6.07) is 8.34. The molecule has 1 aromatic carbocycles. The first kappa shape index (κ1) is 14.9. The van der Waals surface area contributed by atoms with Crippen LogP contribution in [0.3, 0.4) is 0 Å². The van der Waals surface area contributed by atoms with Gasteiger partial charge in [0.2, 0.25) is 0 Å². The molecule has 0 aliphatic heterocycles. The SMILES string of the molecule is CNC(CCc1ccsc1)Cc1ccc(Cl)cc1Cl. The maximum Gasteiger partial charge on any atom is 0.0453 e. The molecule has 0 amide bonds. The molecule has 0 aliphatic rings. The first-order valence-electron chi connectivity index (χ1n) is 6.31. The van der Waals surface area contributed by atoms with Crippen LogP contribution < -0.4 is 5.32 Å². The van der Waals surface area contributed by atoms with Gasteiger partial charge in [-0.2, -0.15) is 11.3 Å².